The highest BCUT2D eigenvalue weighted by Gasteiger charge is 2.44. The first-order valence-corrected chi connectivity index (χ1v) is 7.09. The number of hydrogen-bond donors (Lipinski definition) is 1. The van der Waals surface area contributed by atoms with Crippen molar-refractivity contribution < 1.29 is 4.79 Å². The first-order chi connectivity index (χ1) is 9.08. The molecule has 1 amide bonds. The van der Waals surface area contributed by atoms with Crippen LogP contribution in [0.1, 0.15) is 32.5 Å². The third-order valence-electron chi connectivity index (χ3n) is 3.92. The maximum atomic E-state index is 12.1. The van der Waals surface area contributed by atoms with Gasteiger partial charge >= 0.3 is 0 Å². The molecule has 0 spiro atoms. The zero-order chi connectivity index (χ0) is 13.9. The second kappa shape index (κ2) is 5.74. The number of nitrogens with zero attached hydrogens (tertiary/aromatic N) is 3. The molecule has 1 heterocycles. The fraction of sp³-hybridized carbons (Fsp3) is 0.714. The Labute approximate surface area is 115 Å². The lowest BCUT2D eigenvalue weighted by Gasteiger charge is -2.26. The summed E-state index contributed by atoms with van der Waals surface area (Å²) in [5.74, 6) is 0.967. The summed E-state index contributed by atoms with van der Waals surface area (Å²) in [5, 5.41) is 3.20. The normalized spacial score (nSPS) is 16.6. The smallest absolute Gasteiger partial charge is 0.240 e. The minimum atomic E-state index is 0.0254. The SMILES string of the molecule is CCN(CC)CC1(NC(=O)Cn2ccnc2C)CC1. The van der Waals surface area contributed by atoms with E-state index < -0.39 is 0 Å². The van der Waals surface area contributed by atoms with Crippen LogP contribution in [0.4, 0.5) is 0 Å². The lowest BCUT2D eigenvalue weighted by atomic mass is 10.2. The van der Waals surface area contributed by atoms with Crippen molar-refractivity contribution in [2.24, 2.45) is 0 Å². The Kier molecular flexibility index (Phi) is 4.24. The van der Waals surface area contributed by atoms with Gasteiger partial charge in [0.05, 0.1) is 5.54 Å². The van der Waals surface area contributed by atoms with Gasteiger partial charge in [-0.05, 0) is 32.9 Å². The molecule has 2 rings (SSSR count). The van der Waals surface area contributed by atoms with Gasteiger partial charge in [-0.25, -0.2) is 4.98 Å². The number of aryl methyl sites for hydroxylation is 1. The van der Waals surface area contributed by atoms with Crippen LogP contribution >= 0.6 is 0 Å². The molecule has 5 nitrogen and oxygen atoms in total. The van der Waals surface area contributed by atoms with Crippen molar-refractivity contribution in [1.82, 2.24) is 19.8 Å². The van der Waals surface area contributed by atoms with E-state index >= 15 is 0 Å². The summed E-state index contributed by atoms with van der Waals surface area (Å²) < 4.78 is 1.88. The molecular formula is C14H24N4O. The highest BCUT2D eigenvalue weighted by molar-refractivity contribution is 5.77. The molecule has 1 N–H and O–H groups in total. The molecule has 1 aliphatic rings. The second-order valence-electron chi connectivity index (χ2n) is 5.39. The molecule has 0 bridgehead atoms. The van der Waals surface area contributed by atoms with E-state index in [0.29, 0.717) is 6.54 Å². The molecule has 0 saturated heterocycles. The quantitative estimate of drug-likeness (QED) is 0.804. The predicted molar refractivity (Wildman–Crippen MR) is 74.9 cm³/mol. The molecule has 0 atom stereocenters. The Hall–Kier alpha value is -1.36. The van der Waals surface area contributed by atoms with Crippen molar-refractivity contribution in [2.75, 3.05) is 19.6 Å². The van der Waals surface area contributed by atoms with Gasteiger partial charge in [0.15, 0.2) is 0 Å². The summed E-state index contributed by atoms with van der Waals surface area (Å²) in [6.45, 7) is 9.65. The molecule has 5 heteroatoms. The summed E-state index contributed by atoms with van der Waals surface area (Å²) in [5.41, 5.74) is 0.0254. The Bertz CT molecular complexity index is 432. The van der Waals surface area contributed by atoms with Crippen LogP contribution in [0.2, 0.25) is 0 Å². The van der Waals surface area contributed by atoms with Gasteiger partial charge in [-0.3, -0.25) is 4.79 Å². The predicted octanol–water partition coefficient (Wildman–Crippen LogP) is 1.18. The summed E-state index contributed by atoms with van der Waals surface area (Å²) in [6.07, 6.45) is 5.76. The van der Waals surface area contributed by atoms with Crippen LogP contribution in [0.25, 0.3) is 0 Å². The molecule has 19 heavy (non-hydrogen) atoms. The molecule has 1 saturated carbocycles. The first-order valence-electron chi connectivity index (χ1n) is 7.09. The highest BCUT2D eigenvalue weighted by atomic mass is 16.2. The van der Waals surface area contributed by atoms with E-state index in [1.165, 1.54) is 0 Å². The molecule has 0 aliphatic heterocycles. The molecule has 0 radical (unpaired) electrons. The number of nitrogens with one attached hydrogen (secondary N) is 1. The van der Waals surface area contributed by atoms with E-state index in [4.69, 9.17) is 0 Å². The van der Waals surface area contributed by atoms with Crippen molar-refractivity contribution in [3.63, 3.8) is 0 Å². The summed E-state index contributed by atoms with van der Waals surface area (Å²) >= 11 is 0. The average molecular weight is 264 g/mol. The molecule has 1 fully saturated rings. The fourth-order valence-corrected chi connectivity index (χ4v) is 2.41. The Morgan fingerprint density at radius 1 is 1.47 bits per heavy atom. The van der Waals surface area contributed by atoms with Gasteiger partial charge in [0.25, 0.3) is 0 Å². The largest absolute Gasteiger partial charge is 0.348 e. The molecule has 0 aromatic carbocycles. The van der Waals surface area contributed by atoms with Gasteiger partial charge in [-0.2, -0.15) is 0 Å². The first kappa shape index (κ1) is 14.1. The van der Waals surface area contributed by atoms with Crippen molar-refractivity contribution >= 4 is 5.91 Å². The van der Waals surface area contributed by atoms with Crippen molar-refractivity contribution in [3.8, 4) is 0 Å². The Balaban J connectivity index is 1.87. The minimum Gasteiger partial charge on any atom is -0.348 e. The lowest BCUT2D eigenvalue weighted by molar-refractivity contribution is -0.122. The number of imidazole rings is 1. The third kappa shape index (κ3) is 3.56. The second-order valence-corrected chi connectivity index (χ2v) is 5.39. The van der Waals surface area contributed by atoms with Crippen LogP contribution in [0.15, 0.2) is 12.4 Å². The Morgan fingerprint density at radius 2 is 2.16 bits per heavy atom. The van der Waals surface area contributed by atoms with Gasteiger partial charge < -0.3 is 14.8 Å². The molecule has 106 valence electrons. The molecule has 0 unspecified atom stereocenters. The number of carbonyl (C=O) groups excluding carboxylic acids is 1. The van der Waals surface area contributed by atoms with Gasteiger partial charge in [0, 0.05) is 18.9 Å². The number of aromatic nitrogens is 2. The van der Waals surface area contributed by atoms with Gasteiger partial charge in [0.2, 0.25) is 5.91 Å². The fourth-order valence-electron chi connectivity index (χ4n) is 2.41. The third-order valence-corrected chi connectivity index (χ3v) is 3.92. The molecule has 1 aromatic heterocycles. The van der Waals surface area contributed by atoms with E-state index in [1.807, 2.05) is 17.7 Å². The number of likely N-dealkylation sites (N-methyl/N-ethyl adjacent to an activating group) is 1. The Morgan fingerprint density at radius 3 is 2.63 bits per heavy atom. The minimum absolute atomic E-state index is 0.0254. The number of hydrogen-bond acceptors (Lipinski definition) is 3. The van der Waals surface area contributed by atoms with Gasteiger partial charge in [-0.15, -0.1) is 0 Å². The topological polar surface area (TPSA) is 50.2 Å². The molecular weight excluding hydrogens is 240 g/mol. The number of amides is 1. The summed E-state index contributed by atoms with van der Waals surface area (Å²) in [4.78, 5) is 18.6. The van der Waals surface area contributed by atoms with Gasteiger partial charge in [-0.1, -0.05) is 13.8 Å². The van der Waals surface area contributed by atoms with Crippen LogP contribution in [-0.4, -0.2) is 45.5 Å². The van der Waals surface area contributed by atoms with Crippen LogP contribution in [0, 0.1) is 6.92 Å². The van der Waals surface area contributed by atoms with E-state index in [2.05, 4.69) is 29.0 Å². The maximum Gasteiger partial charge on any atom is 0.240 e. The number of rotatable bonds is 7. The summed E-state index contributed by atoms with van der Waals surface area (Å²) in [7, 11) is 0. The van der Waals surface area contributed by atoms with E-state index in [0.717, 1.165) is 38.3 Å². The van der Waals surface area contributed by atoms with Crippen LogP contribution < -0.4 is 5.32 Å². The van der Waals surface area contributed by atoms with E-state index in [1.54, 1.807) is 6.20 Å². The van der Waals surface area contributed by atoms with Crippen LogP contribution in [0.5, 0.6) is 0 Å². The van der Waals surface area contributed by atoms with Crippen LogP contribution in [0.3, 0.4) is 0 Å². The standard InChI is InChI=1S/C14H24N4O/c1-4-17(5-2)11-14(6-7-14)16-13(19)10-18-9-8-15-12(18)3/h8-9H,4-7,10-11H2,1-3H3,(H,16,19). The molecule has 1 aromatic rings. The lowest BCUT2D eigenvalue weighted by Crippen LogP contribution is -2.46. The monoisotopic (exact) mass is 264 g/mol. The van der Waals surface area contributed by atoms with Crippen LogP contribution in [-0.2, 0) is 11.3 Å². The van der Waals surface area contributed by atoms with Crippen molar-refractivity contribution in [3.05, 3.63) is 18.2 Å². The number of carbonyl (C=O) groups is 1. The van der Waals surface area contributed by atoms with Crippen molar-refractivity contribution in [2.45, 2.75) is 45.7 Å². The zero-order valence-corrected chi connectivity index (χ0v) is 12.1. The average Bonchev–Trinajstić information content (AvgIpc) is 3.02. The van der Waals surface area contributed by atoms with E-state index in [9.17, 15) is 4.79 Å². The maximum absolute atomic E-state index is 12.1. The highest BCUT2D eigenvalue weighted by Crippen LogP contribution is 2.36. The van der Waals surface area contributed by atoms with E-state index in [-0.39, 0.29) is 11.4 Å². The molecule has 1 aliphatic carbocycles. The summed E-state index contributed by atoms with van der Waals surface area (Å²) in [6, 6.07) is 0. The zero-order valence-electron chi connectivity index (χ0n) is 12.1. The van der Waals surface area contributed by atoms with Crippen molar-refractivity contribution in [1.29, 1.82) is 0 Å². The van der Waals surface area contributed by atoms with Gasteiger partial charge in [0.1, 0.15) is 12.4 Å².